The van der Waals surface area contributed by atoms with Crippen LogP contribution in [0.15, 0.2) is 42.5 Å². The molecule has 0 spiro atoms. The normalized spacial score (nSPS) is 13.6. The van der Waals surface area contributed by atoms with Gasteiger partial charge in [-0.25, -0.2) is 4.58 Å². The lowest BCUT2D eigenvalue weighted by Gasteiger charge is -2.21. The highest BCUT2D eigenvalue weighted by Crippen LogP contribution is 2.34. The number of benzene rings is 2. The van der Waals surface area contributed by atoms with Crippen LogP contribution in [0.1, 0.15) is 37.5 Å². The maximum Gasteiger partial charge on any atom is 0.214 e. The van der Waals surface area contributed by atoms with E-state index in [4.69, 9.17) is 9.47 Å². The van der Waals surface area contributed by atoms with E-state index >= 15 is 0 Å². The zero-order valence-electron chi connectivity index (χ0n) is 14.8. The Morgan fingerprint density at radius 2 is 1.58 bits per heavy atom. The third-order valence-corrected chi connectivity index (χ3v) is 4.42. The summed E-state index contributed by atoms with van der Waals surface area (Å²) in [6.45, 7) is 9.55. The summed E-state index contributed by atoms with van der Waals surface area (Å²) in [5.74, 6) is 1.69. The van der Waals surface area contributed by atoms with E-state index in [2.05, 4.69) is 54.0 Å². The van der Waals surface area contributed by atoms with Crippen molar-refractivity contribution in [3.05, 3.63) is 59.2 Å². The summed E-state index contributed by atoms with van der Waals surface area (Å²) in [6, 6.07) is 15.0. The fourth-order valence-corrected chi connectivity index (χ4v) is 3.35. The van der Waals surface area contributed by atoms with Crippen molar-refractivity contribution in [3.8, 4) is 11.5 Å². The van der Waals surface area contributed by atoms with Gasteiger partial charge in [0.15, 0.2) is 11.5 Å². The largest absolute Gasteiger partial charge is 0.490 e. The predicted molar refractivity (Wildman–Crippen MR) is 97.8 cm³/mol. The molecular formula is C21H26NO2+. The van der Waals surface area contributed by atoms with Gasteiger partial charge in [-0.15, -0.1) is 0 Å². The molecule has 0 N–H and O–H groups in total. The van der Waals surface area contributed by atoms with Gasteiger partial charge in [0, 0.05) is 12.0 Å². The molecule has 0 radical (unpaired) electrons. The summed E-state index contributed by atoms with van der Waals surface area (Å²) in [6.07, 6.45) is 1.03. The molecule has 0 saturated carbocycles. The minimum atomic E-state index is 0.636. The Balaban J connectivity index is 2.17. The Labute approximate surface area is 144 Å². The van der Waals surface area contributed by atoms with Crippen LogP contribution in [0.4, 0.5) is 0 Å². The zero-order valence-corrected chi connectivity index (χ0v) is 14.8. The lowest BCUT2D eigenvalue weighted by atomic mass is 9.92. The van der Waals surface area contributed by atoms with Crippen LogP contribution in [0.25, 0.3) is 0 Å². The number of fused-ring (bicyclic) bond motifs is 1. The van der Waals surface area contributed by atoms with E-state index in [0.29, 0.717) is 13.2 Å². The van der Waals surface area contributed by atoms with E-state index < -0.39 is 0 Å². The third-order valence-electron chi connectivity index (χ3n) is 4.42. The lowest BCUT2D eigenvalue weighted by molar-refractivity contribution is -0.524. The molecule has 0 unspecified atom stereocenters. The molecule has 0 bridgehead atoms. The Morgan fingerprint density at radius 1 is 0.917 bits per heavy atom. The van der Waals surface area contributed by atoms with E-state index in [1.807, 2.05) is 13.8 Å². The van der Waals surface area contributed by atoms with Gasteiger partial charge in [0.05, 0.1) is 18.8 Å². The maximum atomic E-state index is 5.85. The van der Waals surface area contributed by atoms with Crippen LogP contribution < -0.4 is 9.47 Å². The van der Waals surface area contributed by atoms with Gasteiger partial charge < -0.3 is 9.47 Å². The Morgan fingerprint density at radius 3 is 2.21 bits per heavy atom. The van der Waals surface area contributed by atoms with Gasteiger partial charge in [-0.1, -0.05) is 18.2 Å². The van der Waals surface area contributed by atoms with E-state index in [0.717, 1.165) is 31.0 Å². The van der Waals surface area contributed by atoms with E-state index in [-0.39, 0.29) is 0 Å². The second-order valence-corrected chi connectivity index (χ2v) is 5.87. The van der Waals surface area contributed by atoms with Crippen LogP contribution >= 0.6 is 0 Å². The van der Waals surface area contributed by atoms with Crippen LogP contribution in [-0.4, -0.2) is 36.6 Å². The summed E-state index contributed by atoms with van der Waals surface area (Å²) in [7, 11) is 0. The number of ether oxygens (including phenoxy) is 2. The molecule has 3 rings (SSSR count). The molecule has 0 aliphatic carbocycles. The lowest BCUT2D eigenvalue weighted by Crippen LogP contribution is -2.31. The van der Waals surface area contributed by atoms with Gasteiger partial charge in [0.1, 0.15) is 13.1 Å². The SMILES string of the molecule is CCOc1cc2c(cc1OCC)C(c1ccccc1)=[N+](CC)CC2. The highest BCUT2D eigenvalue weighted by atomic mass is 16.5. The molecule has 126 valence electrons. The monoisotopic (exact) mass is 324 g/mol. The summed E-state index contributed by atoms with van der Waals surface area (Å²) in [5.41, 5.74) is 5.15. The first kappa shape index (κ1) is 16.6. The average molecular weight is 324 g/mol. The van der Waals surface area contributed by atoms with Crippen molar-refractivity contribution in [2.24, 2.45) is 0 Å². The molecule has 3 nitrogen and oxygen atoms in total. The minimum Gasteiger partial charge on any atom is -0.490 e. The first-order valence-corrected chi connectivity index (χ1v) is 8.88. The summed E-state index contributed by atoms with van der Waals surface area (Å²) >= 11 is 0. The number of rotatable bonds is 6. The molecule has 2 aromatic rings. The van der Waals surface area contributed by atoms with Crippen molar-refractivity contribution in [1.29, 1.82) is 0 Å². The number of hydrogen-bond acceptors (Lipinski definition) is 2. The van der Waals surface area contributed by atoms with Gasteiger partial charge >= 0.3 is 0 Å². The molecule has 1 heterocycles. The summed E-state index contributed by atoms with van der Waals surface area (Å²) in [5, 5.41) is 0. The van der Waals surface area contributed by atoms with Gasteiger partial charge in [-0.05, 0) is 50.6 Å². The van der Waals surface area contributed by atoms with E-state index in [1.54, 1.807) is 0 Å². The average Bonchev–Trinajstić information content (AvgIpc) is 2.62. The van der Waals surface area contributed by atoms with Crippen LogP contribution in [0.5, 0.6) is 11.5 Å². The fourth-order valence-electron chi connectivity index (χ4n) is 3.35. The highest BCUT2D eigenvalue weighted by molar-refractivity contribution is 6.11. The number of hydrogen-bond donors (Lipinski definition) is 0. The second-order valence-electron chi connectivity index (χ2n) is 5.87. The smallest absolute Gasteiger partial charge is 0.214 e. The Hall–Kier alpha value is -2.29. The quantitative estimate of drug-likeness (QED) is 0.751. The van der Waals surface area contributed by atoms with Crippen molar-refractivity contribution < 1.29 is 14.0 Å². The standard InChI is InChI=1S/C21H26NO2/c1-4-22-13-12-17-14-19(23-5-2)20(24-6-3)15-18(17)21(22)16-10-8-7-9-11-16/h7-11,14-15H,4-6,12-13H2,1-3H3/q+1. The van der Waals surface area contributed by atoms with Gasteiger partial charge in [0.25, 0.3) is 0 Å². The topological polar surface area (TPSA) is 21.5 Å². The predicted octanol–water partition coefficient (Wildman–Crippen LogP) is 3.91. The molecule has 24 heavy (non-hydrogen) atoms. The van der Waals surface area contributed by atoms with Crippen LogP contribution in [0, 0.1) is 0 Å². The molecule has 2 aromatic carbocycles. The molecule has 0 saturated heterocycles. The molecule has 3 heteroatoms. The van der Waals surface area contributed by atoms with E-state index in [1.165, 1.54) is 22.4 Å². The first-order valence-electron chi connectivity index (χ1n) is 8.88. The van der Waals surface area contributed by atoms with Crippen molar-refractivity contribution >= 4 is 5.71 Å². The first-order chi connectivity index (χ1) is 11.8. The molecular weight excluding hydrogens is 298 g/mol. The number of likely N-dealkylation sites (N-methyl/N-ethyl adjacent to an activating group) is 1. The van der Waals surface area contributed by atoms with Crippen molar-refractivity contribution in [3.63, 3.8) is 0 Å². The van der Waals surface area contributed by atoms with Crippen molar-refractivity contribution in [1.82, 2.24) is 0 Å². The number of nitrogens with zero attached hydrogens (tertiary/aromatic N) is 1. The van der Waals surface area contributed by atoms with Crippen molar-refractivity contribution in [2.75, 3.05) is 26.3 Å². The molecule has 0 fully saturated rings. The Kier molecular flexibility index (Phi) is 5.19. The van der Waals surface area contributed by atoms with Gasteiger partial charge in [-0.2, -0.15) is 0 Å². The minimum absolute atomic E-state index is 0.636. The van der Waals surface area contributed by atoms with E-state index in [9.17, 15) is 0 Å². The molecule has 0 aromatic heterocycles. The van der Waals surface area contributed by atoms with Gasteiger partial charge in [-0.3, -0.25) is 0 Å². The third kappa shape index (κ3) is 3.16. The highest BCUT2D eigenvalue weighted by Gasteiger charge is 2.28. The van der Waals surface area contributed by atoms with Crippen LogP contribution in [-0.2, 0) is 6.42 Å². The summed E-state index contributed by atoms with van der Waals surface area (Å²) in [4.78, 5) is 0. The molecule has 0 atom stereocenters. The second kappa shape index (κ2) is 7.52. The van der Waals surface area contributed by atoms with Gasteiger partial charge in [0.2, 0.25) is 5.71 Å². The van der Waals surface area contributed by atoms with Crippen LogP contribution in [0.3, 0.4) is 0 Å². The molecule has 1 aliphatic heterocycles. The fraction of sp³-hybridized carbons (Fsp3) is 0.381. The van der Waals surface area contributed by atoms with Crippen molar-refractivity contribution in [2.45, 2.75) is 27.2 Å². The Bertz CT molecular complexity index is 735. The van der Waals surface area contributed by atoms with Crippen LogP contribution in [0.2, 0.25) is 0 Å². The summed E-state index contributed by atoms with van der Waals surface area (Å²) < 4.78 is 14.1. The molecule has 1 aliphatic rings. The molecule has 0 amide bonds. The zero-order chi connectivity index (χ0) is 16.9. The maximum absolute atomic E-state index is 5.85.